The van der Waals surface area contributed by atoms with Gasteiger partial charge in [0.05, 0.1) is 7.11 Å². The van der Waals surface area contributed by atoms with Crippen molar-refractivity contribution >= 4 is 23.4 Å². The predicted molar refractivity (Wildman–Crippen MR) is 105 cm³/mol. The summed E-state index contributed by atoms with van der Waals surface area (Å²) in [6, 6.07) is 16.8. The van der Waals surface area contributed by atoms with Gasteiger partial charge in [0.25, 0.3) is 5.91 Å². The summed E-state index contributed by atoms with van der Waals surface area (Å²) in [4.78, 5) is 14.2. The van der Waals surface area contributed by atoms with Gasteiger partial charge < -0.3 is 15.0 Å². The summed E-state index contributed by atoms with van der Waals surface area (Å²) in [6.07, 6.45) is 5.03. The number of hydrogen-bond acceptors (Lipinski definition) is 4. The third-order valence-corrected chi connectivity index (χ3v) is 3.65. The monoisotopic (exact) mass is 347 g/mol. The number of anilines is 2. The number of carbonyl (C=O) groups excluding carboxylic acids is 1. The number of rotatable bonds is 6. The van der Waals surface area contributed by atoms with Gasteiger partial charge in [-0.15, -0.1) is 0 Å². The van der Waals surface area contributed by atoms with Crippen molar-refractivity contribution in [3.8, 4) is 11.8 Å². The Balaban J connectivity index is 2.06. The van der Waals surface area contributed by atoms with Crippen LogP contribution in [-0.2, 0) is 4.79 Å². The molecular weight excluding hydrogens is 326 g/mol. The molecule has 0 aliphatic heterocycles. The van der Waals surface area contributed by atoms with Gasteiger partial charge in [0.15, 0.2) is 0 Å². The van der Waals surface area contributed by atoms with E-state index in [1.807, 2.05) is 55.4 Å². The number of allylic oxidation sites excluding steroid dienone is 2. The van der Waals surface area contributed by atoms with E-state index < -0.39 is 5.91 Å². The Morgan fingerprint density at radius 1 is 1.19 bits per heavy atom. The molecule has 5 nitrogen and oxygen atoms in total. The van der Waals surface area contributed by atoms with Gasteiger partial charge >= 0.3 is 0 Å². The lowest BCUT2D eigenvalue weighted by Gasteiger charge is -2.11. The van der Waals surface area contributed by atoms with E-state index in [2.05, 4.69) is 5.32 Å². The number of nitrogens with one attached hydrogen (secondary N) is 1. The molecule has 0 aliphatic rings. The fourth-order valence-electron chi connectivity index (χ4n) is 2.20. The lowest BCUT2D eigenvalue weighted by molar-refractivity contribution is -0.112. The maximum absolute atomic E-state index is 12.2. The van der Waals surface area contributed by atoms with Gasteiger partial charge in [0, 0.05) is 31.5 Å². The Hall–Kier alpha value is -3.52. The molecule has 0 fully saturated rings. The fourth-order valence-corrected chi connectivity index (χ4v) is 2.20. The topological polar surface area (TPSA) is 65.4 Å². The van der Waals surface area contributed by atoms with Crippen LogP contribution < -0.4 is 15.0 Å². The molecule has 2 rings (SSSR count). The number of nitriles is 1. The van der Waals surface area contributed by atoms with Gasteiger partial charge in [-0.25, -0.2) is 0 Å². The molecule has 1 N–H and O–H groups in total. The summed E-state index contributed by atoms with van der Waals surface area (Å²) in [5.74, 6) is 0.166. The van der Waals surface area contributed by atoms with E-state index in [1.54, 1.807) is 37.5 Å². The van der Waals surface area contributed by atoms with E-state index in [0.29, 0.717) is 11.4 Å². The summed E-state index contributed by atoms with van der Waals surface area (Å²) >= 11 is 0. The first-order valence-corrected chi connectivity index (χ1v) is 8.04. The van der Waals surface area contributed by atoms with E-state index in [1.165, 1.54) is 6.08 Å². The molecule has 0 unspecified atom stereocenters. The maximum Gasteiger partial charge on any atom is 0.266 e. The van der Waals surface area contributed by atoms with Gasteiger partial charge in [-0.2, -0.15) is 5.26 Å². The standard InChI is InChI=1S/C21H21N3O2/c1-24(2)19-12-10-16(11-13-19)6-4-7-17(15-22)21(25)23-18-8-5-9-20(14-18)26-3/h4-14H,1-3H3,(H,23,25)/b6-4-,17-7-. The van der Waals surface area contributed by atoms with Crippen molar-refractivity contribution in [1.82, 2.24) is 0 Å². The Bertz CT molecular complexity index is 860. The zero-order valence-electron chi connectivity index (χ0n) is 15.1. The summed E-state index contributed by atoms with van der Waals surface area (Å²) in [5.41, 5.74) is 2.68. The van der Waals surface area contributed by atoms with Gasteiger partial charge in [-0.1, -0.05) is 30.4 Å². The molecule has 26 heavy (non-hydrogen) atoms. The lowest BCUT2D eigenvalue weighted by atomic mass is 10.1. The summed E-state index contributed by atoms with van der Waals surface area (Å²) in [6.45, 7) is 0. The van der Waals surface area contributed by atoms with Crippen LogP contribution in [0.25, 0.3) is 6.08 Å². The first kappa shape index (κ1) is 18.8. The number of hydrogen-bond donors (Lipinski definition) is 1. The highest BCUT2D eigenvalue weighted by molar-refractivity contribution is 6.06. The molecule has 1 amide bonds. The van der Waals surface area contributed by atoms with Crippen LogP contribution in [0, 0.1) is 11.3 Å². The molecule has 0 atom stereocenters. The lowest BCUT2D eigenvalue weighted by Crippen LogP contribution is -2.13. The van der Waals surface area contributed by atoms with Gasteiger partial charge in [-0.05, 0) is 35.9 Å². The fraction of sp³-hybridized carbons (Fsp3) is 0.143. The smallest absolute Gasteiger partial charge is 0.266 e. The van der Waals surface area contributed by atoms with Gasteiger partial charge in [0.2, 0.25) is 0 Å². The number of amides is 1. The van der Waals surface area contributed by atoms with E-state index in [9.17, 15) is 10.1 Å². The minimum absolute atomic E-state index is 0.0222. The van der Waals surface area contributed by atoms with Crippen LogP contribution >= 0.6 is 0 Å². The maximum atomic E-state index is 12.2. The molecule has 0 aliphatic carbocycles. The van der Waals surface area contributed by atoms with Gasteiger partial charge in [-0.3, -0.25) is 4.79 Å². The van der Waals surface area contributed by atoms with Crippen LogP contribution in [0.15, 0.2) is 66.3 Å². The molecule has 0 heterocycles. The number of methoxy groups -OCH3 is 1. The third-order valence-electron chi connectivity index (χ3n) is 3.65. The second-order valence-corrected chi connectivity index (χ2v) is 5.72. The third kappa shape index (κ3) is 5.25. The highest BCUT2D eigenvalue weighted by atomic mass is 16.5. The first-order valence-electron chi connectivity index (χ1n) is 8.04. The van der Waals surface area contributed by atoms with Crippen molar-refractivity contribution in [2.75, 3.05) is 31.4 Å². The number of nitrogens with zero attached hydrogens (tertiary/aromatic N) is 2. The average Bonchev–Trinajstić information content (AvgIpc) is 2.65. The highest BCUT2D eigenvalue weighted by Gasteiger charge is 2.08. The molecule has 5 heteroatoms. The van der Waals surface area contributed by atoms with Crippen LogP contribution in [0.3, 0.4) is 0 Å². The Labute approximate surface area is 153 Å². The van der Waals surface area contributed by atoms with Crippen molar-refractivity contribution in [3.63, 3.8) is 0 Å². The van der Waals surface area contributed by atoms with Crippen LogP contribution in [0.1, 0.15) is 5.56 Å². The zero-order chi connectivity index (χ0) is 18.9. The number of ether oxygens (including phenoxy) is 1. The number of carbonyl (C=O) groups is 1. The quantitative estimate of drug-likeness (QED) is 0.489. The number of benzene rings is 2. The van der Waals surface area contributed by atoms with Crippen LogP contribution in [-0.4, -0.2) is 27.1 Å². The molecule has 0 saturated carbocycles. The summed E-state index contributed by atoms with van der Waals surface area (Å²) < 4.78 is 5.12. The van der Waals surface area contributed by atoms with Crippen LogP contribution in [0.2, 0.25) is 0 Å². The van der Waals surface area contributed by atoms with E-state index in [-0.39, 0.29) is 5.57 Å². The van der Waals surface area contributed by atoms with Crippen molar-refractivity contribution in [2.24, 2.45) is 0 Å². The summed E-state index contributed by atoms with van der Waals surface area (Å²) in [5, 5.41) is 11.9. The van der Waals surface area contributed by atoms with Crippen molar-refractivity contribution in [1.29, 1.82) is 5.26 Å². The predicted octanol–water partition coefficient (Wildman–Crippen LogP) is 3.86. The molecule has 0 saturated heterocycles. The minimum atomic E-state index is -0.464. The van der Waals surface area contributed by atoms with Crippen LogP contribution in [0.4, 0.5) is 11.4 Å². The van der Waals surface area contributed by atoms with Crippen molar-refractivity contribution < 1.29 is 9.53 Å². The normalized spacial score (nSPS) is 11.1. The highest BCUT2D eigenvalue weighted by Crippen LogP contribution is 2.17. The second-order valence-electron chi connectivity index (χ2n) is 5.72. The Kier molecular flexibility index (Phi) is 6.58. The first-order chi connectivity index (χ1) is 12.5. The molecule has 0 aromatic heterocycles. The largest absolute Gasteiger partial charge is 0.497 e. The van der Waals surface area contributed by atoms with Crippen molar-refractivity contribution in [2.45, 2.75) is 0 Å². The minimum Gasteiger partial charge on any atom is -0.497 e. The molecule has 0 radical (unpaired) electrons. The zero-order valence-corrected chi connectivity index (χ0v) is 15.1. The Morgan fingerprint density at radius 2 is 1.92 bits per heavy atom. The molecule has 2 aromatic carbocycles. The SMILES string of the molecule is COc1cccc(NC(=O)/C(C#N)=C\C=C/c2ccc(N(C)C)cc2)c1. The van der Waals surface area contributed by atoms with E-state index in [0.717, 1.165) is 11.3 Å². The Morgan fingerprint density at radius 3 is 2.54 bits per heavy atom. The molecule has 0 spiro atoms. The molecular formula is C21H21N3O2. The summed E-state index contributed by atoms with van der Waals surface area (Å²) in [7, 11) is 5.51. The van der Waals surface area contributed by atoms with E-state index >= 15 is 0 Å². The van der Waals surface area contributed by atoms with Gasteiger partial charge in [0.1, 0.15) is 17.4 Å². The van der Waals surface area contributed by atoms with Crippen LogP contribution in [0.5, 0.6) is 5.75 Å². The van der Waals surface area contributed by atoms with E-state index in [4.69, 9.17) is 4.74 Å². The second kappa shape index (κ2) is 9.09. The molecule has 132 valence electrons. The van der Waals surface area contributed by atoms with Crippen molar-refractivity contribution in [3.05, 3.63) is 71.8 Å². The average molecular weight is 347 g/mol. The molecule has 2 aromatic rings. The molecule has 0 bridgehead atoms.